The number of benzene rings is 2. The van der Waals surface area contributed by atoms with Crippen LogP contribution in [0, 0.1) is 0 Å². The number of aromatic hydroxyl groups is 1. The van der Waals surface area contributed by atoms with Gasteiger partial charge in [-0.3, -0.25) is 5.32 Å². The topological polar surface area (TPSA) is 69.6 Å². The molecule has 0 aliphatic rings. The van der Waals surface area contributed by atoms with Gasteiger partial charge in [0.05, 0.1) is 5.69 Å². The zero-order valence-electron chi connectivity index (χ0n) is 8.92. The zero-order valence-corrected chi connectivity index (χ0v) is 8.92. The first-order valence-electron chi connectivity index (χ1n) is 5.05. The summed E-state index contributed by atoms with van der Waals surface area (Å²) in [4.78, 5) is 10.7. The molecule has 3 N–H and O–H groups in total. The third kappa shape index (κ3) is 2.55. The normalized spacial score (nSPS) is 9.88. The standard InChI is InChI=1S/C13H11NO3/c15-10-7-5-9(6-8-10)11-3-1-2-4-12(11)14-13(16)17/h1-8,14-15H,(H,16,17). The Kier molecular flexibility index (Phi) is 2.96. The molecule has 0 atom stereocenters. The molecule has 0 aliphatic heterocycles. The SMILES string of the molecule is O=C(O)Nc1ccccc1-c1ccc(O)cc1. The van der Waals surface area contributed by atoms with E-state index in [9.17, 15) is 9.90 Å². The first kappa shape index (κ1) is 11.0. The van der Waals surface area contributed by atoms with Crippen LogP contribution in [0.3, 0.4) is 0 Å². The lowest BCUT2D eigenvalue weighted by Crippen LogP contribution is -2.08. The summed E-state index contributed by atoms with van der Waals surface area (Å²) in [5.41, 5.74) is 2.13. The van der Waals surface area contributed by atoms with Crippen molar-refractivity contribution in [3.05, 3.63) is 48.5 Å². The van der Waals surface area contributed by atoms with E-state index in [-0.39, 0.29) is 5.75 Å². The second-order valence-corrected chi connectivity index (χ2v) is 3.52. The predicted octanol–water partition coefficient (Wildman–Crippen LogP) is 3.15. The van der Waals surface area contributed by atoms with Crippen LogP contribution < -0.4 is 5.32 Å². The number of phenolic OH excluding ortho intramolecular Hbond substituents is 1. The summed E-state index contributed by atoms with van der Waals surface area (Å²) in [6, 6.07) is 13.7. The minimum Gasteiger partial charge on any atom is -0.508 e. The lowest BCUT2D eigenvalue weighted by molar-refractivity contribution is 0.210. The quantitative estimate of drug-likeness (QED) is 0.740. The van der Waals surface area contributed by atoms with E-state index in [1.165, 1.54) is 0 Å². The molecule has 0 aromatic heterocycles. The summed E-state index contributed by atoms with van der Waals surface area (Å²) >= 11 is 0. The minimum absolute atomic E-state index is 0.178. The molecule has 0 heterocycles. The van der Waals surface area contributed by atoms with Gasteiger partial charge in [-0.15, -0.1) is 0 Å². The molecule has 0 radical (unpaired) electrons. The number of hydrogen-bond acceptors (Lipinski definition) is 2. The molecule has 2 aromatic carbocycles. The number of carbonyl (C=O) groups is 1. The van der Waals surface area contributed by atoms with Crippen molar-refractivity contribution in [1.29, 1.82) is 0 Å². The van der Waals surface area contributed by atoms with E-state index < -0.39 is 6.09 Å². The molecule has 17 heavy (non-hydrogen) atoms. The lowest BCUT2D eigenvalue weighted by atomic mass is 10.0. The van der Waals surface area contributed by atoms with Crippen molar-refractivity contribution in [2.75, 3.05) is 5.32 Å². The average Bonchev–Trinajstić information content (AvgIpc) is 2.30. The first-order valence-corrected chi connectivity index (χ1v) is 5.05. The number of amides is 1. The van der Waals surface area contributed by atoms with Gasteiger partial charge in [0.1, 0.15) is 5.75 Å². The highest BCUT2D eigenvalue weighted by Crippen LogP contribution is 2.28. The molecule has 2 rings (SSSR count). The number of carboxylic acid groups (broad SMARTS) is 1. The summed E-state index contributed by atoms with van der Waals surface area (Å²) < 4.78 is 0. The number of rotatable bonds is 2. The van der Waals surface area contributed by atoms with Crippen LogP contribution in [0.5, 0.6) is 5.75 Å². The maximum Gasteiger partial charge on any atom is 0.409 e. The molecule has 4 heteroatoms. The van der Waals surface area contributed by atoms with Crippen molar-refractivity contribution in [1.82, 2.24) is 0 Å². The molecule has 4 nitrogen and oxygen atoms in total. The Hall–Kier alpha value is -2.49. The van der Waals surface area contributed by atoms with Crippen molar-refractivity contribution in [3.8, 4) is 16.9 Å². The fourth-order valence-corrected chi connectivity index (χ4v) is 1.60. The monoisotopic (exact) mass is 229 g/mol. The number of phenols is 1. The molecule has 0 unspecified atom stereocenters. The van der Waals surface area contributed by atoms with E-state index in [1.54, 1.807) is 36.4 Å². The molecule has 2 aromatic rings. The van der Waals surface area contributed by atoms with E-state index in [0.717, 1.165) is 11.1 Å². The Morgan fingerprint density at radius 3 is 2.29 bits per heavy atom. The van der Waals surface area contributed by atoms with Crippen LogP contribution in [0.1, 0.15) is 0 Å². The molecular weight excluding hydrogens is 218 g/mol. The van der Waals surface area contributed by atoms with Crippen LogP contribution >= 0.6 is 0 Å². The smallest absolute Gasteiger partial charge is 0.409 e. The van der Waals surface area contributed by atoms with E-state index in [4.69, 9.17) is 5.11 Å². The van der Waals surface area contributed by atoms with Crippen LogP contribution in [0.4, 0.5) is 10.5 Å². The van der Waals surface area contributed by atoms with Crippen LogP contribution in [-0.2, 0) is 0 Å². The van der Waals surface area contributed by atoms with Crippen molar-refractivity contribution in [3.63, 3.8) is 0 Å². The largest absolute Gasteiger partial charge is 0.508 e. The first-order chi connectivity index (χ1) is 8.16. The van der Waals surface area contributed by atoms with E-state index in [0.29, 0.717) is 5.69 Å². The number of para-hydroxylation sites is 1. The molecule has 86 valence electrons. The molecule has 0 saturated heterocycles. The van der Waals surface area contributed by atoms with Gasteiger partial charge in [0.2, 0.25) is 0 Å². The second-order valence-electron chi connectivity index (χ2n) is 3.52. The molecule has 0 aliphatic carbocycles. The van der Waals surface area contributed by atoms with Gasteiger partial charge in [-0.1, -0.05) is 30.3 Å². The van der Waals surface area contributed by atoms with Crippen molar-refractivity contribution in [2.24, 2.45) is 0 Å². The van der Waals surface area contributed by atoms with E-state index in [1.807, 2.05) is 12.1 Å². The third-order valence-corrected chi connectivity index (χ3v) is 2.35. The fraction of sp³-hybridized carbons (Fsp3) is 0. The fourth-order valence-electron chi connectivity index (χ4n) is 1.60. The van der Waals surface area contributed by atoms with E-state index >= 15 is 0 Å². The van der Waals surface area contributed by atoms with Crippen LogP contribution in [-0.4, -0.2) is 16.3 Å². The molecule has 0 bridgehead atoms. The summed E-state index contributed by atoms with van der Waals surface area (Å²) in [6.45, 7) is 0. The van der Waals surface area contributed by atoms with Crippen LogP contribution in [0.15, 0.2) is 48.5 Å². The van der Waals surface area contributed by atoms with Gasteiger partial charge < -0.3 is 10.2 Å². The summed E-state index contributed by atoms with van der Waals surface area (Å²) in [6.07, 6.45) is -1.10. The van der Waals surface area contributed by atoms with Gasteiger partial charge in [0.15, 0.2) is 0 Å². The molecular formula is C13H11NO3. The lowest BCUT2D eigenvalue weighted by Gasteiger charge is -2.09. The van der Waals surface area contributed by atoms with Crippen molar-refractivity contribution in [2.45, 2.75) is 0 Å². The second kappa shape index (κ2) is 4.57. The molecule has 1 amide bonds. The number of hydrogen-bond donors (Lipinski definition) is 3. The van der Waals surface area contributed by atoms with Gasteiger partial charge in [0, 0.05) is 5.56 Å². The summed E-state index contributed by atoms with van der Waals surface area (Å²) in [5, 5.41) is 20.3. The Bertz CT molecular complexity index is 535. The summed E-state index contributed by atoms with van der Waals surface area (Å²) in [5.74, 6) is 0.178. The highest BCUT2D eigenvalue weighted by Gasteiger charge is 2.06. The zero-order chi connectivity index (χ0) is 12.3. The highest BCUT2D eigenvalue weighted by molar-refractivity contribution is 5.90. The van der Waals surface area contributed by atoms with Crippen LogP contribution in [0.25, 0.3) is 11.1 Å². The van der Waals surface area contributed by atoms with Crippen molar-refractivity contribution >= 4 is 11.8 Å². The maximum absolute atomic E-state index is 10.7. The van der Waals surface area contributed by atoms with Gasteiger partial charge >= 0.3 is 6.09 Å². The Labute approximate surface area is 98.2 Å². The number of anilines is 1. The van der Waals surface area contributed by atoms with Crippen molar-refractivity contribution < 1.29 is 15.0 Å². The molecule has 0 fully saturated rings. The molecule has 0 saturated carbocycles. The molecule has 0 spiro atoms. The third-order valence-electron chi connectivity index (χ3n) is 2.35. The van der Waals surface area contributed by atoms with Gasteiger partial charge in [-0.25, -0.2) is 4.79 Å². The Balaban J connectivity index is 2.44. The predicted molar refractivity (Wildman–Crippen MR) is 65.2 cm³/mol. The van der Waals surface area contributed by atoms with Gasteiger partial charge in [-0.2, -0.15) is 0 Å². The van der Waals surface area contributed by atoms with E-state index in [2.05, 4.69) is 5.32 Å². The van der Waals surface area contributed by atoms with Crippen LogP contribution in [0.2, 0.25) is 0 Å². The maximum atomic E-state index is 10.7. The highest BCUT2D eigenvalue weighted by atomic mass is 16.4. The average molecular weight is 229 g/mol. The Morgan fingerprint density at radius 1 is 1.00 bits per heavy atom. The minimum atomic E-state index is -1.10. The van der Waals surface area contributed by atoms with Gasteiger partial charge in [-0.05, 0) is 23.8 Å². The van der Waals surface area contributed by atoms with Gasteiger partial charge in [0.25, 0.3) is 0 Å². The summed E-state index contributed by atoms with van der Waals surface area (Å²) in [7, 11) is 0. The Morgan fingerprint density at radius 2 is 1.65 bits per heavy atom. The number of nitrogens with one attached hydrogen (secondary N) is 1.